The molecule has 0 unspecified atom stereocenters. The number of carbonyl (C=O) groups is 1. The van der Waals surface area contributed by atoms with Crippen LogP contribution in [0, 0.1) is 0 Å². The van der Waals surface area contributed by atoms with Crippen molar-refractivity contribution in [3.63, 3.8) is 0 Å². The van der Waals surface area contributed by atoms with Gasteiger partial charge in [-0.15, -0.1) is 0 Å². The van der Waals surface area contributed by atoms with Gasteiger partial charge in [0.1, 0.15) is 0 Å². The number of carbonyl (C=O) groups excluding carboxylic acids is 1. The normalized spacial score (nSPS) is 17.0. The second-order valence-corrected chi connectivity index (χ2v) is 5.94. The maximum Gasteiger partial charge on any atom is 0.236 e. The molecule has 2 aromatic rings. The van der Waals surface area contributed by atoms with E-state index >= 15 is 0 Å². The number of benzene rings is 1. The Labute approximate surface area is 131 Å². The van der Waals surface area contributed by atoms with Crippen molar-refractivity contribution in [3.05, 3.63) is 42.1 Å². The van der Waals surface area contributed by atoms with Crippen molar-refractivity contribution in [2.75, 3.05) is 26.2 Å². The first-order chi connectivity index (χ1) is 10.8. The van der Waals surface area contributed by atoms with E-state index in [9.17, 15) is 4.79 Å². The molecule has 0 radical (unpaired) electrons. The van der Waals surface area contributed by atoms with Gasteiger partial charge in [0.05, 0.1) is 17.8 Å². The van der Waals surface area contributed by atoms with E-state index in [-0.39, 0.29) is 5.91 Å². The molecule has 0 saturated carbocycles. The minimum atomic E-state index is 0.250. The fraction of sp³-hybridized carbons (Fsp3) is 0.444. The number of hydrogen-bond donors (Lipinski definition) is 0. The van der Waals surface area contributed by atoms with E-state index in [0.717, 1.165) is 55.6 Å². The van der Waals surface area contributed by atoms with Gasteiger partial charge >= 0.3 is 0 Å². The van der Waals surface area contributed by atoms with Crippen LogP contribution in [0.1, 0.15) is 25.5 Å². The zero-order valence-electron chi connectivity index (χ0n) is 13.2. The van der Waals surface area contributed by atoms with Gasteiger partial charge in [0.25, 0.3) is 0 Å². The number of hydrogen-bond acceptors (Lipinski definition) is 3. The van der Waals surface area contributed by atoms with Crippen LogP contribution in [0.4, 0.5) is 0 Å². The van der Waals surface area contributed by atoms with Crippen LogP contribution >= 0.6 is 0 Å². The molecule has 22 heavy (non-hydrogen) atoms. The van der Waals surface area contributed by atoms with Gasteiger partial charge in [-0.2, -0.15) is 0 Å². The van der Waals surface area contributed by atoms with Gasteiger partial charge in [0.15, 0.2) is 0 Å². The smallest absolute Gasteiger partial charge is 0.236 e. The van der Waals surface area contributed by atoms with Crippen LogP contribution in [-0.4, -0.2) is 46.9 Å². The molecular weight excluding hydrogens is 274 g/mol. The Morgan fingerprint density at radius 2 is 2.00 bits per heavy atom. The zero-order chi connectivity index (χ0) is 15.4. The zero-order valence-corrected chi connectivity index (χ0v) is 13.2. The lowest BCUT2D eigenvalue weighted by molar-refractivity contribution is -0.131. The Kier molecular flexibility index (Phi) is 4.68. The Morgan fingerprint density at radius 3 is 2.86 bits per heavy atom. The number of amides is 1. The summed E-state index contributed by atoms with van der Waals surface area (Å²) in [4.78, 5) is 21.2. The molecule has 0 bridgehead atoms. The largest absolute Gasteiger partial charge is 0.342 e. The highest BCUT2D eigenvalue weighted by Crippen LogP contribution is 2.14. The highest BCUT2D eigenvalue weighted by Gasteiger charge is 2.21. The molecule has 0 spiro atoms. The first-order valence-electron chi connectivity index (χ1n) is 8.11. The molecule has 1 aliphatic heterocycles. The summed E-state index contributed by atoms with van der Waals surface area (Å²) in [5.41, 5.74) is 2.06. The molecule has 1 aromatic carbocycles. The number of rotatable bonds is 4. The second kappa shape index (κ2) is 6.88. The average molecular weight is 297 g/mol. The van der Waals surface area contributed by atoms with E-state index < -0.39 is 0 Å². The predicted octanol–water partition coefficient (Wildman–Crippen LogP) is 2.68. The third-order valence-electron chi connectivity index (χ3n) is 4.15. The van der Waals surface area contributed by atoms with E-state index in [4.69, 9.17) is 4.98 Å². The molecule has 1 aliphatic rings. The Morgan fingerprint density at radius 1 is 1.14 bits per heavy atom. The van der Waals surface area contributed by atoms with E-state index in [1.807, 2.05) is 23.1 Å². The number of fused-ring (bicyclic) bond motifs is 1. The monoisotopic (exact) mass is 297 g/mol. The number of aromatic nitrogens is 1. The van der Waals surface area contributed by atoms with Crippen LogP contribution in [0.5, 0.6) is 0 Å². The van der Waals surface area contributed by atoms with Crippen molar-refractivity contribution >= 4 is 16.8 Å². The van der Waals surface area contributed by atoms with Gasteiger partial charge in [-0.25, -0.2) is 0 Å². The second-order valence-electron chi connectivity index (χ2n) is 5.94. The van der Waals surface area contributed by atoms with E-state index in [2.05, 4.69) is 30.0 Å². The third kappa shape index (κ3) is 3.45. The van der Waals surface area contributed by atoms with Crippen molar-refractivity contribution in [3.8, 4) is 0 Å². The topological polar surface area (TPSA) is 36.4 Å². The highest BCUT2D eigenvalue weighted by atomic mass is 16.2. The van der Waals surface area contributed by atoms with Crippen molar-refractivity contribution in [2.45, 2.75) is 26.3 Å². The maximum atomic E-state index is 12.3. The molecule has 4 heteroatoms. The van der Waals surface area contributed by atoms with E-state index in [0.29, 0.717) is 6.54 Å². The number of para-hydroxylation sites is 1. The molecule has 0 N–H and O–H groups in total. The Balaban J connectivity index is 1.70. The molecule has 1 saturated heterocycles. The summed E-state index contributed by atoms with van der Waals surface area (Å²) >= 11 is 0. The van der Waals surface area contributed by atoms with Crippen LogP contribution < -0.4 is 0 Å². The van der Waals surface area contributed by atoms with Crippen LogP contribution in [-0.2, 0) is 11.3 Å². The molecule has 0 atom stereocenters. The molecule has 116 valence electrons. The van der Waals surface area contributed by atoms with Crippen molar-refractivity contribution in [1.82, 2.24) is 14.8 Å². The lowest BCUT2D eigenvalue weighted by Gasteiger charge is -2.21. The van der Waals surface area contributed by atoms with Crippen LogP contribution in [0.15, 0.2) is 36.4 Å². The van der Waals surface area contributed by atoms with Gasteiger partial charge in [-0.05, 0) is 25.0 Å². The number of nitrogens with zero attached hydrogens (tertiary/aromatic N) is 3. The molecule has 3 rings (SSSR count). The molecule has 4 nitrogen and oxygen atoms in total. The summed E-state index contributed by atoms with van der Waals surface area (Å²) in [5.74, 6) is 0.250. The molecule has 2 heterocycles. The minimum absolute atomic E-state index is 0.250. The maximum absolute atomic E-state index is 12.3. The third-order valence-corrected chi connectivity index (χ3v) is 4.15. The molecule has 1 aromatic heterocycles. The fourth-order valence-corrected chi connectivity index (χ4v) is 3.05. The lowest BCUT2D eigenvalue weighted by atomic mass is 10.2. The Bertz CT molecular complexity index is 656. The van der Waals surface area contributed by atoms with Gasteiger partial charge in [-0.1, -0.05) is 31.2 Å². The quantitative estimate of drug-likeness (QED) is 0.870. The molecule has 1 amide bonds. The van der Waals surface area contributed by atoms with Gasteiger partial charge in [0.2, 0.25) is 5.91 Å². The van der Waals surface area contributed by atoms with E-state index in [1.54, 1.807) is 0 Å². The van der Waals surface area contributed by atoms with Crippen LogP contribution in [0.25, 0.3) is 10.9 Å². The van der Waals surface area contributed by atoms with Gasteiger partial charge in [0, 0.05) is 31.6 Å². The summed E-state index contributed by atoms with van der Waals surface area (Å²) in [6.07, 6.45) is 2.07. The van der Waals surface area contributed by atoms with Crippen molar-refractivity contribution in [2.24, 2.45) is 0 Å². The highest BCUT2D eigenvalue weighted by molar-refractivity contribution is 5.79. The number of pyridine rings is 1. The summed E-state index contributed by atoms with van der Waals surface area (Å²) < 4.78 is 0. The summed E-state index contributed by atoms with van der Waals surface area (Å²) in [5, 5.41) is 1.16. The summed E-state index contributed by atoms with van der Waals surface area (Å²) in [6, 6.07) is 12.3. The standard InChI is InChI=1S/C18H23N3O/c1-2-10-21-12-5-11-20(14-18(21)22)13-16-9-8-15-6-3-4-7-17(15)19-16/h3-4,6-9H,2,5,10-14H2,1H3. The molecular formula is C18H23N3O. The van der Waals surface area contributed by atoms with Gasteiger partial charge < -0.3 is 4.90 Å². The predicted molar refractivity (Wildman–Crippen MR) is 88.5 cm³/mol. The van der Waals surface area contributed by atoms with Crippen LogP contribution in [0.3, 0.4) is 0 Å². The minimum Gasteiger partial charge on any atom is -0.342 e. The van der Waals surface area contributed by atoms with Crippen molar-refractivity contribution < 1.29 is 4.79 Å². The molecule has 0 aliphatic carbocycles. The summed E-state index contributed by atoms with van der Waals surface area (Å²) in [6.45, 7) is 6.09. The molecule has 1 fully saturated rings. The van der Waals surface area contributed by atoms with Gasteiger partial charge in [-0.3, -0.25) is 14.7 Å². The van der Waals surface area contributed by atoms with Crippen molar-refractivity contribution in [1.29, 1.82) is 0 Å². The average Bonchev–Trinajstić information content (AvgIpc) is 2.69. The van der Waals surface area contributed by atoms with E-state index in [1.165, 1.54) is 0 Å². The SMILES string of the molecule is CCCN1CCCN(Cc2ccc3ccccc3n2)CC1=O. The first-order valence-corrected chi connectivity index (χ1v) is 8.11. The lowest BCUT2D eigenvalue weighted by Crippen LogP contribution is -2.36. The first kappa shape index (κ1) is 15.0. The fourth-order valence-electron chi connectivity index (χ4n) is 3.05. The Hall–Kier alpha value is -1.94. The summed E-state index contributed by atoms with van der Waals surface area (Å²) in [7, 11) is 0. The van der Waals surface area contributed by atoms with Crippen LogP contribution in [0.2, 0.25) is 0 Å².